The molecule has 0 aromatic heterocycles. The van der Waals surface area contributed by atoms with Crippen molar-refractivity contribution in [2.75, 3.05) is 25.5 Å². The highest BCUT2D eigenvalue weighted by atomic mass is 32.2. The van der Waals surface area contributed by atoms with Crippen LogP contribution in [-0.4, -0.2) is 90.4 Å². The van der Waals surface area contributed by atoms with Gasteiger partial charge in [0, 0.05) is 13.0 Å². The van der Waals surface area contributed by atoms with Crippen molar-refractivity contribution in [1.82, 2.24) is 5.32 Å². The second-order valence-electron chi connectivity index (χ2n) is 5.45. The van der Waals surface area contributed by atoms with Crippen LogP contribution in [0, 0.1) is 0 Å². The summed E-state index contributed by atoms with van der Waals surface area (Å²) in [6.45, 7) is -0.724. The molecule has 1 aliphatic rings. The van der Waals surface area contributed by atoms with Crippen molar-refractivity contribution in [3.05, 3.63) is 0 Å². The number of carbonyl (C=O) groups excluding carboxylic acids is 1. The molecule has 0 aliphatic carbocycles. The number of hydrogen-bond acceptors (Lipinski definition) is 9. The summed E-state index contributed by atoms with van der Waals surface area (Å²) in [7, 11) is -4.07. The van der Waals surface area contributed by atoms with E-state index < -0.39 is 59.0 Å². The molecule has 0 spiro atoms. The van der Waals surface area contributed by atoms with Crippen molar-refractivity contribution in [2.24, 2.45) is 5.73 Å². The Morgan fingerprint density at radius 2 is 2.08 bits per heavy atom. The Balaban J connectivity index is 2.29. The van der Waals surface area contributed by atoms with Crippen LogP contribution in [0.4, 0.5) is 0 Å². The molecule has 4 unspecified atom stereocenters. The van der Waals surface area contributed by atoms with Gasteiger partial charge in [0.05, 0.1) is 25.1 Å². The Bertz CT molecular complexity index is 501. The first-order valence-electron chi connectivity index (χ1n) is 7.36. The lowest BCUT2D eigenvalue weighted by molar-refractivity contribution is -0.257. The first kappa shape index (κ1) is 21.2. The maximum atomic E-state index is 11.7. The second-order valence-corrected chi connectivity index (χ2v) is 7.02. The summed E-state index contributed by atoms with van der Waals surface area (Å²) in [6, 6.07) is -1.06. The molecular formula is C12H24N2O9S. The largest absolute Gasteiger partial charge is 0.394 e. The maximum Gasteiger partial charge on any atom is 0.264 e. The number of ether oxygens (including phenoxy) is 2. The monoisotopic (exact) mass is 372 g/mol. The second kappa shape index (κ2) is 9.58. The Hall–Kier alpha value is -0.860. The zero-order chi connectivity index (χ0) is 18.3. The molecule has 1 rings (SSSR count). The quantitative estimate of drug-likeness (QED) is 0.175. The Labute approximate surface area is 139 Å². The van der Waals surface area contributed by atoms with Crippen molar-refractivity contribution >= 4 is 16.0 Å². The van der Waals surface area contributed by atoms with E-state index in [1.807, 2.05) is 0 Å². The van der Waals surface area contributed by atoms with E-state index >= 15 is 0 Å². The van der Waals surface area contributed by atoms with Crippen LogP contribution in [0.15, 0.2) is 0 Å². The zero-order valence-corrected chi connectivity index (χ0v) is 13.8. The summed E-state index contributed by atoms with van der Waals surface area (Å²) in [6.07, 6.45) is -4.30. The van der Waals surface area contributed by atoms with E-state index in [1.54, 1.807) is 0 Å². The Morgan fingerprint density at radius 3 is 2.67 bits per heavy atom. The highest BCUT2D eigenvalue weighted by Crippen LogP contribution is 2.21. The molecule has 11 nitrogen and oxygen atoms in total. The minimum Gasteiger partial charge on any atom is -0.394 e. The van der Waals surface area contributed by atoms with Gasteiger partial charge in [0.15, 0.2) is 6.29 Å². The predicted molar refractivity (Wildman–Crippen MR) is 80.3 cm³/mol. The zero-order valence-electron chi connectivity index (χ0n) is 12.9. The first-order chi connectivity index (χ1) is 11.1. The first-order valence-corrected chi connectivity index (χ1v) is 8.97. The molecule has 142 valence electrons. The van der Waals surface area contributed by atoms with Crippen LogP contribution in [0.5, 0.6) is 0 Å². The minimum atomic E-state index is -4.07. The number of amides is 1. The third-order valence-corrected chi connectivity index (χ3v) is 4.20. The van der Waals surface area contributed by atoms with E-state index in [9.17, 15) is 23.4 Å². The lowest BCUT2D eigenvalue weighted by atomic mass is 10.0. The molecule has 7 N–H and O–H groups in total. The molecule has 12 heteroatoms. The van der Waals surface area contributed by atoms with Crippen LogP contribution in [-0.2, 0) is 24.4 Å². The van der Waals surface area contributed by atoms with E-state index in [4.69, 9.17) is 24.9 Å². The van der Waals surface area contributed by atoms with Crippen LogP contribution in [0.25, 0.3) is 0 Å². The molecule has 0 bridgehead atoms. The van der Waals surface area contributed by atoms with Gasteiger partial charge >= 0.3 is 0 Å². The molecule has 1 amide bonds. The van der Waals surface area contributed by atoms with Gasteiger partial charge in [-0.05, 0) is 6.42 Å². The van der Waals surface area contributed by atoms with Gasteiger partial charge < -0.3 is 35.8 Å². The number of aliphatic hydroxyl groups excluding tert-OH is 3. The number of nitrogens with one attached hydrogen (secondary N) is 1. The van der Waals surface area contributed by atoms with Crippen molar-refractivity contribution in [3.63, 3.8) is 0 Å². The van der Waals surface area contributed by atoms with Crippen molar-refractivity contribution in [3.8, 4) is 0 Å². The van der Waals surface area contributed by atoms with Crippen LogP contribution in [0.2, 0.25) is 0 Å². The SMILES string of the molecule is NC(COC1CC(O)[C@H](O)C(CO)O1)C(=O)NCCCS(=O)(=O)O. The number of hydrogen-bond donors (Lipinski definition) is 6. The Morgan fingerprint density at radius 1 is 1.42 bits per heavy atom. The number of nitrogens with two attached hydrogens (primary N) is 1. The average molecular weight is 372 g/mol. The smallest absolute Gasteiger partial charge is 0.264 e. The van der Waals surface area contributed by atoms with Crippen LogP contribution < -0.4 is 11.1 Å². The molecule has 0 radical (unpaired) electrons. The lowest BCUT2D eigenvalue weighted by Crippen LogP contribution is -2.52. The third kappa shape index (κ3) is 7.36. The predicted octanol–water partition coefficient (Wildman–Crippen LogP) is -3.45. The molecule has 1 saturated heterocycles. The normalized spacial score (nSPS) is 29.2. The van der Waals surface area contributed by atoms with Gasteiger partial charge in [-0.3, -0.25) is 9.35 Å². The van der Waals surface area contributed by atoms with E-state index in [0.717, 1.165) is 0 Å². The van der Waals surface area contributed by atoms with Crippen molar-refractivity contribution < 1.29 is 42.6 Å². The molecule has 0 aromatic rings. The van der Waals surface area contributed by atoms with E-state index in [0.29, 0.717) is 0 Å². The van der Waals surface area contributed by atoms with E-state index in [2.05, 4.69) is 5.32 Å². The van der Waals surface area contributed by atoms with Crippen LogP contribution in [0.1, 0.15) is 12.8 Å². The molecule has 1 fully saturated rings. The summed E-state index contributed by atoms with van der Waals surface area (Å²) < 4.78 is 40.1. The number of aliphatic hydroxyl groups is 3. The standard InChI is InChI=1S/C12H24N2O9S/c13-7(12(18)14-2-1-3-24(19,20)21)6-22-10-4-8(16)11(17)9(5-15)23-10/h7-11,15-17H,1-6,13H2,(H,14,18)(H,19,20,21)/t7?,8?,9?,10?,11-/m0/s1. The molecule has 24 heavy (non-hydrogen) atoms. The van der Waals surface area contributed by atoms with Gasteiger partial charge in [-0.1, -0.05) is 0 Å². The molecular weight excluding hydrogens is 348 g/mol. The van der Waals surface area contributed by atoms with Gasteiger partial charge in [0.2, 0.25) is 5.91 Å². The van der Waals surface area contributed by atoms with Gasteiger partial charge in [0.25, 0.3) is 10.1 Å². The Kier molecular flexibility index (Phi) is 8.45. The highest BCUT2D eigenvalue weighted by molar-refractivity contribution is 7.85. The summed E-state index contributed by atoms with van der Waals surface area (Å²) in [5.41, 5.74) is 5.61. The number of rotatable bonds is 9. The maximum absolute atomic E-state index is 11.7. The molecule has 0 saturated carbocycles. The van der Waals surface area contributed by atoms with E-state index in [-0.39, 0.29) is 26.0 Å². The topological polar surface area (TPSA) is 189 Å². The highest BCUT2D eigenvalue weighted by Gasteiger charge is 2.37. The molecule has 5 atom stereocenters. The fourth-order valence-corrected chi connectivity index (χ4v) is 2.57. The van der Waals surface area contributed by atoms with Crippen molar-refractivity contribution in [2.45, 2.75) is 43.5 Å². The van der Waals surface area contributed by atoms with Gasteiger partial charge in [-0.2, -0.15) is 8.42 Å². The molecule has 1 heterocycles. The summed E-state index contributed by atoms with van der Waals surface area (Å²) in [5, 5.41) is 30.6. The van der Waals surface area contributed by atoms with Crippen LogP contribution in [0.3, 0.4) is 0 Å². The van der Waals surface area contributed by atoms with Gasteiger partial charge in [-0.25, -0.2) is 0 Å². The summed E-state index contributed by atoms with van der Waals surface area (Å²) in [5.74, 6) is -1.06. The lowest BCUT2D eigenvalue weighted by Gasteiger charge is -2.36. The summed E-state index contributed by atoms with van der Waals surface area (Å²) >= 11 is 0. The summed E-state index contributed by atoms with van der Waals surface area (Å²) in [4.78, 5) is 11.7. The molecule has 0 aromatic carbocycles. The fourth-order valence-electron chi connectivity index (χ4n) is 2.06. The molecule has 1 aliphatic heterocycles. The fraction of sp³-hybridized carbons (Fsp3) is 0.917. The third-order valence-electron chi connectivity index (χ3n) is 3.39. The minimum absolute atomic E-state index is 0.0176. The van der Waals surface area contributed by atoms with Gasteiger partial charge in [-0.15, -0.1) is 0 Å². The van der Waals surface area contributed by atoms with Crippen molar-refractivity contribution in [1.29, 1.82) is 0 Å². The van der Waals surface area contributed by atoms with Crippen LogP contribution >= 0.6 is 0 Å². The van der Waals surface area contributed by atoms with E-state index in [1.165, 1.54) is 0 Å². The average Bonchev–Trinajstić information content (AvgIpc) is 2.50. The van der Waals surface area contributed by atoms with Gasteiger partial charge in [0.1, 0.15) is 18.2 Å². The number of carbonyl (C=O) groups is 1.